The standard InChI is InChI=1S/C23H29N3O4/c1-12-13(2)20-15(14(3)19(12)27)8-10-23(4,30-20)11-9-16-17(21(28)29)6-5-7-18(16)26-22(24)25/h5-7,27H,8-11H2,1-4H3,(H,28,29)(H4,24,25,26). The van der Waals surface area contributed by atoms with Crippen molar-refractivity contribution in [3.8, 4) is 11.5 Å². The highest BCUT2D eigenvalue weighted by molar-refractivity contribution is 5.92. The van der Waals surface area contributed by atoms with Crippen LogP contribution in [0.5, 0.6) is 11.5 Å². The molecule has 0 saturated carbocycles. The second-order valence-corrected chi connectivity index (χ2v) is 8.23. The molecule has 0 fully saturated rings. The van der Waals surface area contributed by atoms with Gasteiger partial charge in [-0.15, -0.1) is 0 Å². The number of aliphatic imine (C=N–C) groups is 1. The smallest absolute Gasteiger partial charge is 0.336 e. The van der Waals surface area contributed by atoms with Gasteiger partial charge in [-0.1, -0.05) is 6.07 Å². The summed E-state index contributed by atoms with van der Waals surface area (Å²) in [5.41, 5.74) is 15.5. The number of phenolic OH excluding ortho intramolecular Hbond substituents is 1. The number of carboxylic acids is 1. The van der Waals surface area contributed by atoms with E-state index in [1.165, 1.54) is 0 Å². The largest absolute Gasteiger partial charge is 0.507 e. The lowest BCUT2D eigenvalue weighted by Crippen LogP contribution is -2.37. The number of nitrogens with two attached hydrogens (primary N) is 2. The fourth-order valence-electron chi connectivity index (χ4n) is 4.14. The Balaban J connectivity index is 1.93. The van der Waals surface area contributed by atoms with Gasteiger partial charge in [0.05, 0.1) is 11.3 Å². The fraction of sp³-hybridized carbons (Fsp3) is 0.391. The van der Waals surface area contributed by atoms with E-state index in [1.54, 1.807) is 18.2 Å². The van der Waals surface area contributed by atoms with Gasteiger partial charge in [0.1, 0.15) is 17.1 Å². The van der Waals surface area contributed by atoms with E-state index < -0.39 is 11.6 Å². The van der Waals surface area contributed by atoms with Crippen LogP contribution in [0.4, 0.5) is 5.69 Å². The van der Waals surface area contributed by atoms with E-state index in [0.717, 1.165) is 40.8 Å². The predicted molar refractivity (Wildman–Crippen MR) is 117 cm³/mol. The van der Waals surface area contributed by atoms with Crippen molar-refractivity contribution in [2.75, 3.05) is 0 Å². The van der Waals surface area contributed by atoms with Gasteiger partial charge < -0.3 is 26.4 Å². The van der Waals surface area contributed by atoms with E-state index in [0.29, 0.717) is 29.8 Å². The first-order chi connectivity index (χ1) is 14.0. The number of hydrogen-bond donors (Lipinski definition) is 4. The van der Waals surface area contributed by atoms with Gasteiger partial charge in [-0.25, -0.2) is 9.79 Å². The summed E-state index contributed by atoms with van der Waals surface area (Å²) in [4.78, 5) is 15.9. The van der Waals surface area contributed by atoms with Gasteiger partial charge in [-0.05, 0) is 87.8 Å². The SMILES string of the molecule is Cc1c(C)c2c(c(C)c1O)CCC(C)(CCc1c(N=C(N)N)cccc1C(=O)O)O2. The molecule has 1 aliphatic heterocycles. The Morgan fingerprint density at radius 1 is 1.20 bits per heavy atom. The molecule has 1 unspecified atom stereocenters. The van der Waals surface area contributed by atoms with Crippen LogP contribution < -0.4 is 16.2 Å². The molecule has 1 aliphatic rings. The molecule has 0 aliphatic carbocycles. The first kappa shape index (κ1) is 21.5. The normalized spacial score (nSPS) is 17.7. The number of guanidine groups is 1. The topological polar surface area (TPSA) is 131 Å². The van der Waals surface area contributed by atoms with Crippen molar-refractivity contribution in [1.82, 2.24) is 0 Å². The Morgan fingerprint density at radius 2 is 1.90 bits per heavy atom. The Bertz CT molecular complexity index is 1040. The highest BCUT2D eigenvalue weighted by atomic mass is 16.5. The van der Waals surface area contributed by atoms with Gasteiger partial charge in [0.2, 0.25) is 0 Å². The highest BCUT2D eigenvalue weighted by Gasteiger charge is 2.35. The minimum atomic E-state index is -1.02. The Labute approximate surface area is 176 Å². The highest BCUT2D eigenvalue weighted by Crippen LogP contribution is 2.44. The molecule has 3 rings (SSSR count). The van der Waals surface area contributed by atoms with Gasteiger partial charge in [0, 0.05) is 5.56 Å². The van der Waals surface area contributed by atoms with Crippen LogP contribution in [0.15, 0.2) is 23.2 Å². The van der Waals surface area contributed by atoms with Gasteiger partial charge in [-0.2, -0.15) is 0 Å². The quantitative estimate of drug-likeness (QED) is 0.439. The molecular weight excluding hydrogens is 382 g/mol. The van der Waals surface area contributed by atoms with E-state index in [1.807, 2.05) is 27.7 Å². The van der Waals surface area contributed by atoms with Crippen molar-refractivity contribution >= 4 is 17.6 Å². The van der Waals surface area contributed by atoms with E-state index in [2.05, 4.69) is 4.99 Å². The lowest BCUT2D eigenvalue weighted by atomic mass is 9.83. The van der Waals surface area contributed by atoms with Crippen LogP contribution >= 0.6 is 0 Å². The molecule has 2 aromatic carbocycles. The number of phenols is 1. The number of rotatable bonds is 5. The first-order valence-corrected chi connectivity index (χ1v) is 9.99. The molecular formula is C23H29N3O4. The molecule has 0 amide bonds. The number of hydrogen-bond acceptors (Lipinski definition) is 4. The van der Waals surface area contributed by atoms with Crippen LogP contribution in [0.25, 0.3) is 0 Å². The Morgan fingerprint density at radius 3 is 2.53 bits per heavy atom. The van der Waals surface area contributed by atoms with Crippen LogP contribution in [-0.4, -0.2) is 27.7 Å². The number of fused-ring (bicyclic) bond motifs is 1. The molecule has 6 N–H and O–H groups in total. The third-order valence-corrected chi connectivity index (χ3v) is 6.13. The van der Waals surface area contributed by atoms with Crippen molar-refractivity contribution in [2.24, 2.45) is 16.5 Å². The number of ether oxygens (including phenoxy) is 1. The van der Waals surface area contributed by atoms with Crippen LogP contribution in [0, 0.1) is 20.8 Å². The second kappa shape index (κ2) is 7.89. The number of carboxylic acid groups (broad SMARTS) is 1. The number of nitrogens with zero attached hydrogens (tertiary/aromatic N) is 1. The average Bonchev–Trinajstić information content (AvgIpc) is 2.69. The second-order valence-electron chi connectivity index (χ2n) is 8.23. The first-order valence-electron chi connectivity index (χ1n) is 9.99. The summed E-state index contributed by atoms with van der Waals surface area (Å²) in [5.74, 6) is 0.0210. The molecule has 2 aromatic rings. The van der Waals surface area contributed by atoms with Crippen molar-refractivity contribution in [3.63, 3.8) is 0 Å². The fourth-order valence-corrected chi connectivity index (χ4v) is 4.14. The minimum Gasteiger partial charge on any atom is -0.507 e. The molecule has 0 spiro atoms. The monoisotopic (exact) mass is 411 g/mol. The van der Waals surface area contributed by atoms with E-state index >= 15 is 0 Å². The number of carbonyl (C=O) groups is 1. The van der Waals surface area contributed by atoms with Gasteiger partial charge in [0.25, 0.3) is 0 Å². The molecule has 160 valence electrons. The molecule has 0 radical (unpaired) electrons. The van der Waals surface area contributed by atoms with E-state index in [9.17, 15) is 15.0 Å². The van der Waals surface area contributed by atoms with Crippen LogP contribution in [0.1, 0.15) is 57.9 Å². The zero-order valence-corrected chi connectivity index (χ0v) is 17.9. The molecule has 30 heavy (non-hydrogen) atoms. The maximum absolute atomic E-state index is 11.7. The average molecular weight is 412 g/mol. The lowest BCUT2D eigenvalue weighted by Gasteiger charge is -2.38. The van der Waals surface area contributed by atoms with Crippen molar-refractivity contribution in [2.45, 2.75) is 59.0 Å². The Hall–Kier alpha value is -3.22. The summed E-state index contributed by atoms with van der Waals surface area (Å²) in [6, 6.07) is 4.90. The molecule has 0 aromatic heterocycles. The molecule has 0 saturated heterocycles. The molecule has 7 nitrogen and oxygen atoms in total. The zero-order chi connectivity index (χ0) is 22.2. The maximum atomic E-state index is 11.7. The summed E-state index contributed by atoms with van der Waals surface area (Å²) in [6.45, 7) is 7.79. The summed E-state index contributed by atoms with van der Waals surface area (Å²) < 4.78 is 6.47. The third-order valence-electron chi connectivity index (χ3n) is 6.13. The predicted octanol–water partition coefficient (Wildman–Crippen LogP) is 3.64. The number of benzene rings is 2. The summed E-state index contributed by atoms with van der Waals surface area (Å²) >= 11 is 0. The van der Waals surface area contributed by atoms with Gasteiger partial charge >= 0.3 is 5.97 Å². The van der Waals surface area contributed by atoms with Crippen LogP contribution in [0.2, 0.25) is 0 Å². The Kier molecular flexibility index (Phi) is 5.65. The molecule has 7 heteroatoms. The minimum absolute atomic E-state index is 0.116. The van der Waals surface area contributed by atoms with E-state index in [4.69, 9.17) is 16.2 Å². The van der Waals surface area contributed by atoms with Gasteiger partial charge in [-0.3, -0.25) is 0 Å². The molecule has 0 bridgehead atoms. The van der Waals surface area contributed by atoms with Crippen molar-refractivity contribution in [1.29, 1.82) is 0 Å². The zero-order valence-electron chi connectivity index (χ0n) is 17.9. The van der Waals surface area contributed by atoms with Crippen molar-refractivity contribution in [3.05, 3.63) is 51.6 Å². The van der Waals surface area contributed by atoms with Crippen LogP contribution in [0.3, 0.4) is 0 Å². The number of aromatic hydroxyl groups is 1. The van der Waals surface area contributed by atoms with Crippen LogP contribution in [-0.2, 0) is 12.8 Å². The third kappa shape index (κ3) is 3.92. The van der Waals surface area contributed by atoms with Crippen molar-refractivity contribution < 1.29 is 19.7 Å². The maximum Gasteiger partial charge on any atom is 0.336 e. The van der Waals surface area contributed by atoms with Gasteiger partial charge in [0.15, 0.2) is 5.96 Å². The molecule has 1 atom stereocenters. The lowest BCUT2D eigenvalue weighted by molar-refractivity contribution is 0.0547. The summed E-state index contributed by atoms with van der Waals surface area (Å²) in [6.07, 6.45) is 2.60. The number of aromatic carboxylic acids is 1. The molecule has 1 heterocycles. The summed E-state index contributed by atoms with van der Waals surface area (Å²) in [5, 5.41) is 20.0. The summed E-state index contributed by atoms with van der Waals surface area (Å²) in [7, 11) is 0. The van der Waals surface area contributed by atoms with E-state index in [-0.39, 0.29) is 11.5 Å².